The number of hydrogen-bond donors (Lipinski definition) is 17. The van der Waals surface area contributed by atoms with Gasteiger partial charge >= 0.3 is 0 Å². The van der Waals surface area contributed by atoms with Gasteiger partial charge in [-0.2, -0.15) is 0 Å². The van der Waals surface area contributed by atoms with Gasteiger partial charge in [-0.15, -0.1) is 0 Å². The Kier molecular flexibility index (Phi) is 15.7. The van der Waals surface area contributed by atoms with Gasteiger partial charge in [0.1, 0.15) is 123 Å². The van der Waals surface area contributed by atoms with Crippen molar-refractivity contribution < 1.29 is 129 Å². The summed E-state index contributed by atoms with van der Waals surface area (Å²) in [6.45, 7) is -5.13. The minimum atomic E-state index is -2.68. The highest BCUT2D eigenvalue weighted by Crippen LogP contribution is 2.38. The molecule has 24 unspecified atom stereocenters. The zero-order valence-corrected chi connectivity index (χ0v) is 29.3. The van der Waals surface area contributed by atoms with Gasteiger partial charge in [-0.3, -0.25) is 0 Å². The molecule has 56 heavy (non-hydrogen) atoms. The summed E-state index contributed by atoms with van der Waals surface area (Å²) in [5.74, 6) is -2.68. The Labute approximate surface area is 316 Å². The summed E-state index contributed by atoms with van der Waals surface area (Å²) in [6.07, 6.45) is -42.1. The van der Waals surface area contributed by atoms with Gasteiger partial charge in [-0.25, -0.2) is 0 Å². The zero-order chi connectivity index (χ0) is 41.4. The van der Waals surface area contributed by atoms with E-state index in [9.17, 15) is 86.8 Å². The molecule has 0 bridgehead atoms. The minimum Gasteiger partial charge on any atom is -0.394 e. The summed E-state index contributed by atoms with van der Waals surface area (Å²) in [4.78, 5) is 0. The van der Waals surface area contributed by atoms with Gasteiger partial charge in [0, 0.05) is 0 Å². The third-order valence-electron chi connectivity index (χ3n) is 10.3. The number of rotatable bonds is 14. The maximum absolute atomic E-state index is 11.1. The van der Waals surface area contributed by atoms with Crippen LogP contribution in [0.4, 0.5) is 0 Å². The average molecular weight is 829 g/mol. The molecule has 5 aliphatic rings. The van der Waals surface area contributed by atoms with Crippen LogP contribution < -0.4 is 0 Å². The zero-order valence-electron chi connectivity index (χ0n) is 29.3. The van der Waals surface area contributed by atoms with Crippen molar-refractivity contribution >= 4 is 0 Å². The largest absolute Gasteiger partial charge is 0.394 e. The van der Waals surface area contributed by atoms with Crippen molar-refractivity contribution in [2.24, 2.45) is 0 Å². The smallest absolute Gasteiger partial charge is 0.224 e. The van der Waals surface area contributed by atoms with E-state index in [-0.39, 0.29) is 0 Å². The predicted molar refractivity (Wildman–Crippen MR) is 167 cm³/mol. The van der Waals surface area contributed by atoms with Crippen LogP contribution in [0.2, 0.25) is 0 Å². The van der Waals surface area contributed by atoms with E-state index in [0.717, 1.165) is 0 Å². The molecule has 0 spiro atoms. The lowest BCUT2D eigenvalue weighted by atomic mass is 9.98. The number of aliphatic hydroxyl groups excluding tert-OH is 17. The molecule has 5 heterocycles. The monoisotopic (exact) mass is 828 g/mol. The molecule has 0 aliphatic carbocycles. The Hall–Kier alpha value is -1.04. The molecule has 26 nitrogen and oxygen atoms in total. The molecule has 5 saturated heterocycles. The first-order chi connectivity index (χ1) is 26.4. The maximum Gasteiger partial charge on any atom is 0.224 e. The normalized spacial score (nSPS) is 53.0. The van der Waals surface area contributed by atoms with E-state index >= 15 is 0 Å². The van der Waals surface area contributed by atoms with Crippen LogP contribution in [-0.4, -0.2) is 273 Å². The third kappa shape index (κ3) is 9.16. The maximum atomic E-state index is 11.1. The van der Waals surface area contributed by atoms with E-state index in [1.807, 2.05) is 0 Å². The van der Waals surface area contributed by atoms with Crippen molar-refractivity contribution in [2.45, 2.75) is 147 Å². The van der Waals surface area contributed by atoms with Crippen LogP contribution in [0.15, 0.2) is 0 Å². The van der Waals surface area contributed by atoms with Crippen molar-refractivity contribution in [1.82, 2.24) is 0 Å². The van der Waals surface area contributed by atoms with Crippen molar-refractivity contribution in [3.05, 3.63) is 0 Å². The van der Waals surface area contributed by atoms with E-state index in [0.29, 0.717) is 0 Å². The quantitative estimate of drug-likeness (QED) is 0.0773. The fourth-order valence-electron chi connectivity index (χ4n) is 6.78. The summed E-state index contributed by atoms with van der Waals surface area (Å²) in [6, 6.07) is 0. The first kappa shape index (κ1) is 46.0. The highest BCUT2D eigenvalue weighted by atomic mass is 16.8. The van der Waals surface area contributed by atoms with Crippen LogP contribution >= 0.6 is 0 Å². The number of hydrogen-bond acceptors (Lipinski definition) is 26. The van der Waals surface area contributed by atoms with Gasteiger partial charge in [-0.05, 0) is 0 Å². The molecule has 0 aromatic heterocycles. The van der Waals surface area contributed by atoms with Crippen LogP contribution in [0.5, 0.6) is 0 Å². The molecule has 26 heteroatoms. The SMILES string of the molecule is OCC1OC(OCC2OC(OCC3(OC4OC(COC5OC(CO)C(O)C(O)C5O)C(O)C(O)C4O)OC(CO)C(O)C3O)C(O)C(O)C2O)C(O)C(O)C1O. The molecule has 5 aliphatic heterocycles. The van der Waals surface area contributed by atoms with Crippen LogP contribution in [0.3, 0.4) is 0 Å². The summed E-state index contributed by atoms with van der Waals surface area (Å²) in [7, 11) is 0. The Morgan fingerprint density at radius 3 is 1.09 bits per heavy atom. The van der Waals surface area contributed by atoms with E-state index in [4.69, 9.17) is 42.6 Å². The second kappa shape index (κ2) is 19.1. The van der Waals surface area contributed by atoms with Crippen LogP contribution in [0, 0.1) is 0 Å². The Morgan fingerprint density at radius 1 is 0.357 bits per heavy atom. The molecule has 0 radical (unpaired) electrons. The second-order valence-corrected chi connectivity index (χ2v) is 14.1. The standard InChI is InChI=1S/C30H52O26/c31-1-7-12(34)17(39)21(43)26(51-7)48-4-10-14(36)19(41)23(45)28(53-10)50-6-30(25(47)16(38)9(3-33)55-30)56-29-24(46)20(42)15(37)11(54-29)5-49-27-22(44)18(40)13(35)8(2-32)52-27/h7-29,31-47H,1-6H2. The first-order valence-corrected chi connectivity index (χ1v) is 17.6. The van der Waals surface area contributed by atoms with Gasteiger partial charge in [0.15, 0.2) is 25.2 Å². The van der Waals surface area contributed by atoms with E-state index in [2.05, 4.69) is 0 Å². The van der Waals surface area contributed by atoms with E-state index in [1.54, 1.807) is 0 Å². The fraction of sp³-hybridized carbons (Fsp3) is 1.00. The average Bonchev–Trinajstić information content (AvgIpc) is 3.43. The lowest BCUT2D eigenvalue weighted by Gasteiger charge is -2.45. The molecule has 0 aromatic carbocycles. The molecule has 5 fully saturated rings. The van der Waals surface area contributed by atoms with Gasteiger partial charge in [-0.1, -0.05) is 0 Å². The molecule has 5 rings (SSSR count). The second-order valence-electron chi connectivity index (χ2n) is 14.1. The molecule has 0 amide bonds. The predicted octanol–water partition coefficient (Wildman–Crippen LogP) is -11.9. The topological polar surface area (TPSA) is 427 Å². The molecular weight excluding hydrogens is 776 g/mol. The van der Waals surface area contributed by atoms with Gasteiger partial charge in [0.05, 0.1) is 33.0 Å². The third-order valence-corrected chi connectivity index (χ3v) is 10.3. The van der Waals surface area contributed by atoms with Crippen molar-refractivity contribution in [3.8, 4) is 0 Å². The Balaban J connectivity index is 1.28. The van der Waals surface area contributed by atoms with Crippen molar-refractivity contribution in [1.29, 1.82) is 0 Å². The minimum absolute atomic E-state index is 0.742. The van der Waals surface area contributed by atoms with E-state index < -0.39 is 187 Å². The highest BCUT2D eigenvalue weighted by Gasteiger charge is 2.60. The molecule has 24 atom stereocenters. The van der Waals surface area contributed by atoms with Gasteiger partial charge in [0.2, 0.25) is 5.79 Å². The number of ether oxygens (including phenoxy) is 9. The number of aliphatic hydroxyl groups is 17. The van der Waals surface area contributed by atoms with E-state index in [1.165, 1.54) is 0 Å². The lowest BCUT2D eigenvalue weighted by molar-refractivity contribution is -0.400. The summed E-state index contributed by atoms with van der Waals surface area (Å²) in [5, 5.41) is 175. The summed E-state index contributed by atoms with van der Waals surface area (Å²) < 4.78 is 49.3. The summed E-state index contributed by atoms with van der Waals surface area (Å²) in [5.41, 5.74) is 0. The molecule has 328 valence electrons. The fourth-order valence-corrected chi connectivity index (χ4v) is 6.78. The van der Waals surface area contributed by atoms with Crippen LogP contribution in [0.1, 0.15) is 0 Å². The Bertz CT molecular complexity index is 1220. The first-order valence-electron chi connectivity index (χ1n) is 17.6. The summed E-state index contributed by atoms with van der Waals surface area (Å²) >= 11 is 0. The van der Waals surface area contributed by atoms with Crippen LogP contribution in [0.25, 0.3) is 0 Å². The molecule has 0 saturated carbocycles. The van der Waals surface area contributed by atoms with Crippen LogP contribution in [-0.2, 0) is 42.6 Å². The Morgan fingerprint density at radius 2 is 0.696 bits per heavy atom. The molecule has 17 N–H and O–H groups in total. The lowest BCUT2D eigenvalue weighted by Crippen LogP contribution is -2.64. The van der Waals surface area contributed by atoms with Gasteiger partial charge in [0.25, 0.3) is 0 Å². The van der Waals surface area contributed by atoms with Crippen molar-refractivity contribution in [3.63, 3.8) is 0 Å². The highest BCUT2D eigenvalue weighted by molar-refractivity contribution is 5.00. The molecular formula is C30H52O26. The van der Waals surface area contributed by atoms with Gasteiger partial charge < -0.3 is 129 Å². The molecule has 0 aromatic rings. The van der Waals surface area contributed by atoms with Crippen molar-refractivity contribution in [2.75, 3.05) is 39.6 Å².